The number of amides is 4. The Kier molecular flexibility index (Phi) is 6.66. The molecule has 0 bridgehead atoms. The van der Waals surface area contributed by atoms with Crippen LogP contribution < -0.4 is 15.0 Å². The first-order valence-corrected chi connectivity index (χ1v) is 13.4. The Morgan fingerprint density at radius 3 is 2.40 bits per heavy atom. The fraction of sp³-hybridized carbons (Fsp3) is 0.226. The van der Waals surface area contributed by atoms with Crippen LogP contribution in [0.25, 0.3) is 10.9 Å². The summed E-state index contributed by atoms with van der Waals surface area (Å²) in [5, 5.41) is 22.6. The van der Waals surface area contributed by atoms with Crippen LogP contribution in [0.15, 0.2) is 72.8 Å². The Morgan fingerprint density at radius 2 is 1.71 bits per heavy atom. The Morgan fingerprint density at radius 1 is 1.02 bits per heavy atom. The molecule has 1 fully saturated rings. The molecule has 0 aliphatic carbocycles. The summed E-state index contributed by atoms with van der Waals surface area (Å²) in [7, 11) is 1.56. The van der Waals surface area contributed by atoms with Crippen LogP contribution in [-0.4, -0.2) is 69.2 Å². The number of urea groups is 1. The van der Waals surface area contributed by atoms with Gasteiger partial charge in [-0.3, -0.25) is 14.5 Å². The Labute approximate surface area is 240 Å². The number of aliphatic hydroxyl groups is 1. The number of anilines is 1. The zero-order valence-corrected chi connectivity index (χ0v) is 22.8. The van der Waals surface area contributed by atoms with E-state index in [1.807, 2.05) is 36.4 Å². The first-order valence-electron chi connectivity index (χ1n) is 13.4. The summed E-state index contributed by atoms with van der Waals surface area (Å²) >= 11 is 0. The molecule has 4 N–H and O–H groups in total. The minimum absolute atomic E-state index is 0.0242. The van der Waals surface area contributed by atoms with E-state index in [0.29, 0.717) is 5.75 Å². The predicted molar refractivity (Wildman–Crippen MR) is 152 cm³/mol. The summed E-state index contributed by atoms with van der Waals surface area (Å²) < 4.78 is 5.33. The number of carboxylic acids is 1. The third-order valence-electron chi connectivity index (χ3n) is 7.91. The van der Waals surface area contributed by atoms with Gasteiger partial charge in [0.2, 0.25) is 0 Å². The second-order valence-electron chi connectivity index (χ2n) is 10.4. The lowest BCUT2D eigenvalue weighted by Gasteiger charge is -2.36. The maximum Gasteiger partial charge on any atom is 0.332 e. The van der Waals surface area contributed by atoms with Crippen molar-refractivity contribution >= 4 is 40.4 Å². The molecule has 1 saturated heterocycles. The minimum atomic E-state index is -1.58. The fourth-order valence-corrected chi connectivity index (χ4v) is 5.90. The molecule has 11 nitrogen and oxygen atoms in total. The highest BCUT2D eigenvalue weighted by Gasteiger charge is 2.53. The van der Waals surface area contributed by atoms with E-state index in [1.54, 1.807) is 31.4 Å². The van der Waals surface area contributed by atoms with Crippen molar-refractivity contribution in [3.05, 3.63) is 95.2 Å². The molecular formula is C31H28N4O7. The molecule has 214 valence electrons. The number of aromatic nitrogens is 1. The SMILES string of the molecule is COc1ccc([C@H]2c3[nH]c4ccccc4c3C[C@H]3C(=O)N(c4ccccc4C(=O)N[C@H](C(=O)O)[C@@H](C)O)C(=O)N23)cc1. The minimum Gasteiger partial charge on any atom is -0.497 e. The number of carboxylic acid groups (broad SMARTS) is 1. The normalized spacial score (nSPS) is 19.3. The van der Waals surface area contributed by atoms with Crippen LogP contribution >= 0.6 is 0 Å². The van der Waals surface area contributed by atoms with Gasteiger partial charge in [0.15, 0.2) is 6.04 Å². The van der Waals surface area contributed by atoms with Gasteiger partial charge in [-0.2, -0.15) is 0 Å². The van der Waals surface area contributed by atoms with Gasteiger partial charge in [-0.05, 0) is 48.4 Å². The number of ether oxygens (including phenoxy) is 1. The van der Waals surface area contributed by atoms with E-state index < -0.39 is 48.0 Å². The monoisotopic (exact) mass is 568 g/mol. The van der Waals surface area contributed by atoms with Crippen LogP contribution in [0.3, 0.4) is 0 Å². The second-order valence-corrected chi connectivity index (χ2v) is 10.4. The van der Waals surface area contributed by atoms with Crippen LogP contribution in [0, 0.1) is 0 Å². The quantitative estimate of drug-likeness (QED) is 0.250. The number of carbonyl (C=O) groups excluding carboxylic acids is 3. The molecule has 6 rings (SSSR count). The number of aliphatic carboxylic acids is 1. The number of imide groups is 1. The van der Waals surface area contributed by atoms with E-state index in [9.17, 15) is 29.4 Å². The van der Waals surface area contributed by atoms with Crippen molar-refractivity contribution in [1.29, 1.82) is 0 Å². The number of benzene rings is 3. The molecule has 42 heavy (non-hydrogen) atoms. The van der Waals surface area contributed by atoms with Gasteiger partial charge >= 0.3 is 12.0 Å². The number of hydrogen-bond donors (Lipinski definition) is 4. The second kappa shape index (κ2) is 10.3. The smallest absolute Gasteiger partial charge is 0.332 e. The highest BCUT2D eigenvalue weighted by molar-refractivity contribution is 6.24. The lowest BCUT2D eigenvalue weighted by atomic mass is 9.89. The Hall–Kier alpha value is -5.16. The van der Waals surface area contributed by atoms with E-state index in [-0.39, 0.29) is 17.7 Å². The number of hydrogen-bond acceptors (Lipinski definition) is 6. The van der Waals surface area contributed by atoms with Gasteiger partial charge < -0.3 is 25.3 Å². The number of methoxy groups -OCH3 is 1. The molecule has 0 unspecified atom stereocenters. The number of para-hydroxylation sites is 2. The molecule has 4 amide bonds. The first-order chi connectivity index (χ1) is 20.2. The number of carbonyl (C=O) groups is 4. The average Bonchev–Trinajstić information content (AvgIpc) is 3.48. The number of fused-ring (bicyclic) bond motifs is 4. The van der Waals surface area contributed by atoms with Crippen LogP contribution in [0.4, 0.5) is 10.5 Å². The van der Waals surface area contributed by atoms with Crippen molar-refractivity contribution in [2.45, 2.75) is 37.6 Å². The maximum absolute atomic E-state index is 14.2. The summed E-state index contributed by atoms with van der Waals surface area (Å²) in [6.45, 7) is 1.24. The van der Waals surface area contributed by atoms with Crippen molar-refractivity contribution in [1.82, 2.24) is 15.2 Å². The number of nitrogens with zero attached hydrogens (tertiary/aromatic N) is 2. The topological polar surface area (TPSA) is 152 Å². The number of aromatic amines is 1. The molecule has 2 aliphatic heterocycles. The van der Waals surface area contributed by atoms with Crippen LogP contribution in [0.2, 0.25) is 0 Å². The van der Waals surface area contributed by atoms with Crippen LogP contribution in [0.5, 0.6) is 5.75 Å². The summed E-state index contributed by atoms with van der Waals surface area (Å²) in [6, 6.07) is 17.4. The molecule has 3 aromatic carbocycles. The predicted octanol–water partition coefficient (Wildman–Crippen LogP) is 3.22. The Balaban J connectivity index is 1.44. The molecule has 4 aromatic rings. The lowest BCUT2D eigenvalue weighted by Crippen LogP contribution is -2.48. The van der Waals surface area contributed by atoms with Gasteiger partial charge in [0.1, 0.15) is 17.8 Å². The fourth-order valence-electron chi connectivity index (χ4n) is 5.90. The molecule has 1 aromatic heterocycles. The number of nitrogens with one attached hydrogen (secondary N) is 2. The molecular weight excluding hydrogens is 540 g/mol. The van der Waals surface area contributed by atoms with Gasteiger partial charge in [0, 0.05) is 23.0 Å². The van der Waals surface area contributed by atoms with Crippen molar-refractivity contribution in [3.63, 3.8) is 0 Å². The standard InChI is InChI=1S/C31H28N4O7/c1-16(36)25(30(39)40)33-28(37)20-8-4-6-10-23(20)35-29(38)24-15-21-19-7-3-5-9-22(19)32-26(21)27(34(24)31(35)41)17-11-13-18(42-2)14-12-17/h3-14,16,24-25,27,32,36H,15H2,1-2H3,(H,33,37)(H,39,40)/t16-,24+,25+,27+/m1/s1. The average molecular weight is 569 g/mol. The number of H-pyrrole nitrogens is 1. The first kappa shape index (κ1) is 27.0. The van der Waals surface area contributed by atoms with Crippen molar-refractivity contribution in [2.75, 3.05) is 12.0 Å². The molecule has 0 spiro atoms. The summed E-state index contributed by atoms with van der Waals surface area (Å²) in [5.74, 6) is -2.12. The lowest BCUT2D eigenvalue weighted by molar-refractivity contribution is -0.141. The largest absolute Gasteiger partial charge is 0.497 e. The Bertz CT molecular complexity index is 1730. The molecule has 4 atom stereocenters. The summed E-state index contributed by atoms with van der Waals surface area (Å²) in [6.07, 6.45) is -1.11. The van der Waals surface area contributed by atoms with Crippen LogP contribution in [-0.2, 0) is 16.0 Å². The number of aliphatic hydroxyl groups excluding tert-OH is 1. The summed E-state index contributed by atoms with van der Waals surface area (Å²) in [5.41, 5.74) is 3.35. The summed E-state index contributed by atoms with van der Waals surface area (Å²) in [4.78, 5) is 59.1. The van der Waals surface area contributed by atoms with Crippen LogP contribution in [0.1, 0.15) is 40.1 Å². The molecule has 3 heterocycles. The van der Waals surface area contributed by atoms with E-state index in [4.69, 9.17) is 4.74 Å². The van der Waals surface area contributed by atoms with Gasteiger partial charge in [0.05, 0.1) is 24.5 Å². The molecule has 2 aliphatic rings. The van der Waals surface area contributed by atoms with Gasteiger partial charge in [-0.15, -0.1) is 0 Å². The third-order valence-corrected chi connectivity index (χ3v) is 7.91. The molecule has 0 saturated carbocycles. The zero-order chi connectivity index (χ0) is 29.7. The zero-order valence-electron chi connectivity index (χ0n) is 22.8. The van der Waals surface area contributed by atoms with Gasteiger partial charge in [-0.25, -0.2) is 14.5 Å². The van der Waals surface area contributed by atoms with E-state index in [0.717, 1.165) is 32.6 Å². The van der Waals surface area contributed by atoms with E-state index in [1.165, 1.54) is 24.0 Å². The number of rotatable bonds is 7. The van der Waals surface area contributed by atoms with E-state index >= 15 is 0 Å². The molecule has 11 heteroatoms. The van der Waals surface area contributed by atoms with Crippen molar-refractivity contribution in [3.8, 4) is 5.75 Å². The maximum atomic E-state index is 14.2. The highest BCUT2D eigenvalue weighted by atomic mass is 16.5. The van der Waals surface area contributed by atoms with Gasteiger partial charge in [-0.1, -0.05) is 42.5 Å². The van der Waals surface area contributed by atoms with Crippen molar-refractivity contribution in [2.24, 2.45) is 0 Å². The third kappa shape index (κ3) is 4.25. The molecule has 0 radical (unpaired) electrons. The highest BCUT2D eigenvalue weighted by Crippen LogP contribution is 2.45. The van der Waals surface area contributed by atoms with E-state index in [2.05, 4.69) is 10.3 Å². The van der Waals surface area contributed by atoms with Crippen molar-refractivity contribution < 1.29 is 34.1 Å². The van der Waals surface area contributed by atoms with Gasteiger partial charge in [0.25, 0.3) is 11.8 Å².